The van der Waals surface area contributed by atoms with Crippen molar-refractivity contribution in [1.82, 2.24) is 5.32 Å². The third kappa shape index (κ3) is 5.50. The molecule has 0 radical (unpaired) electrons. The van der Waals surface area contributed by atoms with Crippen LogP contribution < -0.4 is 5.32 Å². The fraction of sp³-hybridized carbons (Fsp3) is 0.385. The number of amides is 1. The summed E-state index contributed by atoms with van der Waals surface area (Å²) in [5.41, 5.74) is -1.04. The molecular formula is C13H17NO5. The number of carboxylic acid groups (broad SMARTS) is 1. The topological polar surface area (TPSA) is 95.9 Å². The van der Waals surface area contributed by atoms with Crippen molar-refractivity contribution in [2.75, 3.05) is 13.2 Å². The van der Waals surface area contributed by atoms with E-state index >= 15 is 0 Å². The van der Waals surface area contributed by atoms with Crippen LogP contribution in [0, 0.1) is 0 Å². The first-order chi connectivity index (χ1) is 8.92. The van der Waals surface area contributed by atoms with Crippen LogP contribution in [-0.4, -0.2) is 40.8 Å². The minimum atomic E-state index is -1.98. The van der Waals surface area contributed by atoms with E-state index in [1.165, 1.54) is 0 Å². The number of carbonyl (C=O) groups is 2. The van der Waals surface area contributed by atoms with E-state index in [0.717, 1.165) is 12.5 Å². The first-order valence-corrected chi connectivity index (χ1v) is 5.76. The number of carbonyl (C=O) groups excluding carboxylic acids is 1. The smallest absolute Gasteiger partial charge is 0.337 e. The van der Waals surface area contributed by atoms with Gasteiger partial charge in [-0.05, 0) is 12.5 Å². The molecule has 0 saturated carbocycles. The maximum atomic E-state index is 11.4. The highest BCUT2D eigenvalue weighted by Crippen LogP contribution is 2.01. The zero-order chi connectivity index (χ0) is 14.3. The molecule has 0 bridgehead atoms. The van der Waals surface area contributed by atoms with Gasteiger partial charge in [0.2, 0.25) is 5.91 Å². The molecule has 1 aromatic carbocycles. The van der Waals surface area contributed by atoms with Crippen molar-refractivity contribution < 1.29 is 24.5 Å². The Balaban J connectivity index is 2.24. The van der Waals surface area contributed by atoms with Crippen LogP contribution in [0.2, 0.25) is 0 Å². The first-order valence-electron chi connectivity index (χ1n) is 5.76. The zero-order valence-corrected chi connectivity index (χ0v) is 10.6. The van der Waals surface area contributed by atoms with Gasteiger partial charge in [-0.15, -0.1) is 0 Å². The predicted octanol–water partition coefficient (Wildman–Crippen LogP) is 0.155. The summed E-state index contributed by atoms with van der Waals surface area (Å²) in [6.45, 7) is 0.852. The van der Waals surface area contributed by atoms with E-state index in [9.17, 15) is 14.7 Å². The summed E-state index contributed by atoms with van der Waals surface area (Å²) in [5.74, 6) is -1.87. The third-order valence-corrected chi connectivity index (χ3v) is 2.44. The van der Waals surface area contributed by atoms with Gasteiger partial charge in [0, 0.05) is 0 Å². The molecule has 0 aliphatic heterocycles. The van der Waals surface area contributed by atoms with Crippen molar-refractivity contribution in [2.45, 2.75) is 19.1 Å². The van der Waals surface area contributed by atoms with Gasteiger partial charge in [-0.3, -0.25) is 4.79 Å². The SMILES string of the molecule is CC(O)(CNC(=O)COCc1ccccc1)C(=O)O. The molecule has 19 heavy (non-hydrogen) atoms. The Labute approximate surface area is 111 Å². The Hall–Kier alpha value is -1.92. The van der Waals surface area contributed by atoms with Gasteiger partial charge >= 0.3 is 5.97 Å². The fourth-order valence-electron chi connectivity index (χ4n) is 1.23. The highest BCUT2D eigenvalue weighted by atomic mass is 16.5. The fourth-order valence-corrected chi connectivity index (χ4v) is 1.23. The quantitative estimate of drug-likeness (QED) is 0.654. The zero-order valence-electron chi connectivity index (χ0n) is 10.6. The maximum absolute atomic E-state index is 11.4. The van der Waals surface area contributed by atoms with Crippen LogP contribution >= 0.6 is 0 Å². The average molecular weight is 267 g/mol. The second kappa shape index (κ2) is 6.86. The van der Waals surface area contributed by atoms with E-state index in [-0.39, 0.29) is 13.2 Å². The van der Waals surface area contributed by atoms with Crippen molar-refractivity contribution in [1.29, 1.82) is 0 Å². The molecular weight excluding hydrogens is 250 g/mol. The van der Waals surface area contributed by atoms with Crippen LogP contribution in [0.15, 0.2) is 30.3 Å². The minimum absolute atomic E-state index is 0.190. The second-order valence-electron chi connectivity index (χ2n) is 4.33. The lowest BCUT2D eigenvalue weighted by molar-refractivity contribution is -0.156. The van der Waals surface area contributed by atoms with Gasteiger partial charge in [0.15, 0.2) is 5.60 Å². The van der Waals surface area contributed by atoms with Crippen molar-refractivity contribution in [3.05, 3.63) is 35.9 Å². The van der Waals surface area contributed by atoms with Gasteiger partial charge in [-0.25, -0.2) is 4.79 Å². The summed E-state index contributed by atoms with van der Waals surface area (Å²) < 4.78 is 5.17. The Morgan fingerprint density at radius 3 is 2.53 bits per heavy atom. The number of nitrogens with one attached hydrogen (secondary N) is 1. The number of benzene rings is 1. The van der Waals surface area contributed by atoms with Crippen molar-refractivity contribution in [3.8, 4) is 0 Å². The summed E-state index contributed by atoms with van der Waals surface area (Å²) in [6.07, 6.45) is 0. The van der Waals surface area contributed by atoms with Crippen LogP contribution in [0.3, 0.4) is 0 Å². The van der Waals surface area contributed by atoms with Crippen LogP contribution in [0.5, 0.6) is 0 Å². The molecule has 0 spiro atoms. The average Bonchev–Trinajstić information content (AvgIpc) is 2.37. The molecule has 0 aromatic heterocycles. The number of carboxylic acids is 1. The highest BCUT2D eigenvalue weighted by Gasteiger charge is 2.30. The van der Waals surface area contributed by atoms with Crippen molar-refractivity contribution in [2.24, 2.45) is 0 Å². The van der Waals surface area contributed by atoms with Crippen LogP contribution in [0.1, 0.15) is 12.5 Å². The summed E-state index contributed by atoms with van der Waals surface area (Å²) in [4.78, 5) is 22.0. The predicted molar refractivity (Wildman–Crippen MR) is 67.4 cm³/mol. The van der Waals surface area contributed by atoms with E-state index < -0.39 is 17.5 Å². The Morgan fingerprint density at radius 2 is 1.95 bits per heavy atom. The van der Waals surface area contributed by atoms with E-state index in [2.05, 4.69) is 5.32 Å². The number of hydrogen-bond donors (Lipinski definition) is 3. The molecule has 104 valence electrons. The summed E-state index contributed by atoms with van der Waals surface area (Å²) >= 11 is 0. The number of aliphatic carboxylic acids is 1. The largest absolute Gasteiger partial charge is 0.479 e. The monoisotopic (exact) mass is 267 g/mol. The molecule has 1 rings (SSSR count). The summed E-state index contributed by atoms with van der Waals surface area (Å²) in [7, 11) is 0. The Morgan fingerprint density at radius 1 is 1.32 bits per heavy atom. The minimum Gasteiger partial charge on any atom is -0.479 e. The van der Waals surface area contributed by atoms with Crippen LogP contribution in [0.25, 0.3) is 0 Å². The van der Waals surface area contributed by atoms with Crippen LogP contribution in [0.4, 0.5) is 0 Å². The molecule has 1 aromatic rings. The maximum Gasteiger partial charge on any atom is 0.337 e. The first kappa shape index (κ1) is 15.1. The van der Waals surface area contributed by atoms with Crippen molar-refractivity contribution in [3.63, 3.8) is 0 Å². The van der Waals surface area contributed by atoms with Gasteiger partial charge < -0.3 is 20.3 Å². The molecule has 0 saturated heterocycles. The summed E-state index contributed by atoms with van der Waals surface area (Å²) in [6, 6.07) is 9.34. The molecule has 6 heteroatoms. The molecule has 6 nitrogen and oxygen atoms in total. The molecule has 0 fully saturated rings. The Bertz CT molecular complexity index is 430. The van der Waals surface area contributed by atoms with E-state index in [0.29, 0.717) is 6.61 Å². The molecule has 1 atom stereocenters. The number of hydrogen-bond acceptors (Lipinski definition) is 4. The molecule has 0 aliphatic carbocycles. The third-order valence-electron chi connectivity index (χ3n) is 2.44. The number of ether oxygens (including phenoxy) is 1. The van der Waals surface area contributed by atoms with Gasteiger partial charge in [-0.1, -0.05) is 30.3 Å². The van der Waals surface area contributed by atoms with Gasteiger partial charge in [0.1, 0.15) is 6.61 Å². The lowest BCUT2D eigenvalue weighted by atomic mass is 10.1. The van der Waals surface area contributed by atoms with Crippen molar-refractivity contribution >= 4 is 11.9 Å². The lowest BCUT2D eigenvalue weighted by Gasteiger charge is -2.18. The molecule has 3 N–H and O–H groups in total. The van der Waals surface area contributed by atoms with E-state index in [4.69, 9.17) is 9.84 Å². The second-order valence-corrected chi connectivity index (χ2v) is 4.33. The van der Waals surface area contributed by atoms with E-state index in [1.807, 2.05) is 30.3 Å². The Kier molecular flexibility index (Phi) is 5.47. The standard InChI is InChI=1S/C13H17NO5/c1-13(18,12(16)17)9-14-11(15)8-19-7-10-5-3-2-4-6-10/h2-6,18H,7-9H2,1H3,(H,14,15)(H,16,17). The normalized spacial score (nSPS) is 13.6. The lowest BCUT2D eigenvalue weighted by Crippen LogP contribution is -2.47. The molecule has 1 unspecified atom stereocenters. The van der Waals surface area contributed by atoms with Gasteiger partial charge in [0.05, 0.1) is 13.2 Å². The number of rotatable bonds is 7. The molecule has 0 heterocycles. The van der Waals surface area contributed by atoms with Gasteiger partial charge in [0.25, 0.3) is 0 Å². The van der Waals surface area contributed by atoms with Gasteiger partial charge in [-0.2, -0.15) is 0 Å². The number of aliphatic hydroxyl groups is 1. The molecule has 1 amide bonds. The summed E-state index contributed by atoms with van der Waals surface area (Å²) in [5, 5.41) is 20.3. The highest BCUT2D eigenvalue weighted by molar-refractivity contribution is 5.80. The molecule has 0 aliphatic rings. The van der Waals surface area contributed by atoms with E-state index in [1.54, 1.807) is 0 Å². The van der Waals surface area contributed by atoms with Crippen LogP contribution in [-0.2, 0) is 20.9 Å².